The minimum atomic E-state index is 1.05. The minimum absolute atomic E-state index is 1.05. The van der Waals surface area contributed by atoms with Crippen LogP contribution in [-0.2, 0) is 19.3 Å². The van der Waals surface area contributed by atoms with Crippen molar-refractivity contribution in [1.29, 1.82) is 0 Å². The van der Waals surface area contributed by atoms with Gasteiger partial charge in [-0.2, -0.15) is 0 Å². The Labute approximate surface area is 471 Å². The van der Waals surface area contributed by atoms with Gasteiger partial charge in [-0.15, -0.1) is 0 Å². The molecule has 0 radical (unpaired) electrons. The number of hydrogen-bond acceptors (Lipinski definition) is 1. The third kappa shape index (κ3) is 11.8. The van der Waals surface area contributed by atoms with Crippen molar-refractivity contribution in [1.82, 2.24) is 4.57 Å². The van der Waals surface area contributed by atoms with E-state index in [2.05, 4.69) is 269 Å². The van der Waals surface area contributed by atoms with Crippen LogP contribution in [-0.4, -0.2) is 4.57 Å². The number of fused-ring (bicyclic) bond motifs is 3. The van der Waals surface area contributed by atoms with Crippen molar-refractivity contribution in [3.63, 3.8) is 0 Å². The first-order chi connectivity index (χ1) is 38.8. The highest BCUT2D eigenvalue weighted by molar-refractivity contribution is 6.10. The van der Waals surface area contributed by atoms with Crippen molar-refractivity contribution in [3.8, 4) is 61.3 Å². The summed E-state index contributed by atoms with van der Waals surface area (Å²) in [7, 11) is 0. The predicted molar refractivity (Wildman–Crippen MR) is 342 cm³/mol. The Hall–Kier alpha value is -8.20. The zero-order valence-electron chi connectivity index (χ0n) is 47.2. The molecular formula is C77H76N2. The van der Waals surface area contributed by atoms with Gasteiger partial charge in [-0.05, 0) is 185 Å². The molecule has 0 saturated heterocycles. The maximum atomic E-state index is 2.59. The van der Waals surface area contributed by atoms with Crippen LogP contribution in [0.15, 0.2) is 224 Å². The lowest BCUT2D eigenvalue weighted by Gasteiger charge is -2.26. The molecule has 0 unspecified atom stereocenters. The Morgan fingerprint density at radius 1 is 0.316 bits per heavy atom. The number of benzene rings is 10. The standard InChI is InChI=1S/C77H76N2/c1-6-9-11-13-22-65-53-74(67-40-49-77-75(54-67)72-26-15-16-27-76(72)79(77)71-45-36-61(37-46-71)64-25-18-21-56(5)51-64)66(23-14-12-10-7-2)52-73(65)62-38-47-70(48-39-62)78(69-43-34-60(35-44-69)63-24-17-20-55(4)50-63)68-41-32-59(33-42-68)58-30-28-57(19-8-3)29-31-58/h15-18,20-21,24-54H,6-14,19,22-23H2,1-5H3. The number of hydrogen-bond donors (Lipinski definition) is 0. The Kier molecular flexibility index (Phi) is 16.5. The van der Waals surface area contributed by atoms with Gasteiger partial charge in [0.15, 0.2) is 0 Å². The fourth-order valence-electron chi connectivity index (χ4n) is 12.0. The number of para-hydroxylation sites is 1. The maximum absolute atomic E-state index is 2.59. The number of nitrogens with zero attached hydrogens (tertiary/aromatic N) is 2. The normalized spacial score (nSPS) is 11.5. The second-order valence-electron chi connectivity index (χ2n) is 22.1. The Morgan fingerprint density at radius 3 is 1.29 bits per heavy atom. The van der Waals surface area contributed by atoms with Crippen molar-refractivity contribution in [2.45, 2.75) is 112 Å². The molecule has 1 aromatic heterocycles. The summed E-state index contributed by atoms with van der Waals surface area (Å²) in [4.78, 5) is 2.42. The van der Waals surface area contributed by atoms with Gasteiger partial charge in [0.1, 0.15) is 0 Å². The van der Waals surface area contributed by atoms with Crippen LogP contribution in [0.4, 0.5) is 17.1 Å². The van der Waals surface area contributed by atoms with Crippen LogP contribution in [0, 0.1) is 13.8 Å². The highest BCUT2D eigenvalue weighted by Crippen LogP contribution is 2.42. The molecule has 0 aliphatic carbocycles. The van der Waals surface area contributed by atoms with Gasteiger partial charge < -0.3 is 9.47 Å². The zero-order chi connectivity index (χ0) is 54.1. The SMILES string of the molecule is CCCCCCc1cc(-c2ccc3c(c2)c2ccccc2n3-c2ccc(-c3cccc(C)c3)cc2)c(CCCCCC)cc1-c1ccc(N(c2ccc(-c3ccc(CCC)cc3)cc2)c2ccc(-c3cccc(C)c3)cc2)cc1. The number of aryl methyl sites for hydroxylation is 5. The van der Waals surface area contributed by atoms with Crippen LogP contribution in [0.25, 0.3) is 83.1 Å². The summed E-state index contributed by atoms with van der Waals surface area (Å²) in [6.07, 6.45) is 14.2. The topological polar surface area (TPSA) is 8.17 Å². The van der Waals surface area contributed by atoms with Crippen LogP contribution < -0.4 is 4.90 Å². The first kappa shape index (κ1) is 52.8. The van der Waals surface area contributed by atoms with Crippen LogP contribution >= 0.6 is 0 Å². The average Bonchev–Trinajstić information content (AvgIpc) is 4.08. The molecule has 0 spiro atoms. The van der Waals surface area contributed by atoms with E-state index in [4.69, 9.17) is 0 Å². The third-order valence-corrected chi connectivity index (χ3v) is 16.3. The van der Waals surface area contributed by atoms with E-state index in [1.807, 2.05) is 0 Å². The van der Waals surface area contributed by atoms with Gasteiger partial charge in [-0.1, -0.05) is 235 Å². The van der Waals surface area contributed by atoms with E-state index in [0.717, 1.165) is 42.7 Å². The lowest BCUT2D eigenvalue weighted by Crippen LogP contribution is -2.10. The molecule has 2 heteroatoms. The molecule has 0 saturated carbocycles. The molecule has 0 N–H and O–H groups in total. The average molecular weight is 1030 g/mol. The molecule has 11 rings (SSSR count). The fraction of sp³-hybridized carbons (Fsp3) is 0.221. The van der Waals surface area contributed by atoms with Crippen molar-refractivity contribution in [2.75, 3.05) is 4.90 Å². The molecule has 0 atom stereocenters. The summed E-state index contributed by atoms with van der Waals surface area (Å²) in [5.74, 6) is 0. The van der Waals surface area contributed by atoms with Crippen LogP contribution in [0.1, 0.15) is 106 Å². The van der Waals surface area contributed by atoms with Gasteiger partial charge in [-0.3, -0.25) is 0 Å². The summed E-state index contributed by atoms with van der Waals surface area (Å²) in [6, 6.07) is 84.9. The Morgan fingerprint density at radius 2 is 0.772 bits per heavy atom. The van der Waals surface area contributed by atoms with E-state index in [1.54, 1.807) is 0 Å². The highest BCUT2D eigenvalue weighted by Gasteiger charge is 2.19. The molecule has 0 aliphatic rings. The Balaban J connectivity index is 0.980. The summed E-state index contributed by atoms with van der Waals surface area (Å²) in [5, 5.41) is 2.58. The van der Waals surface area contributed by atoms with Crippen molar-refractivity contribution < 1.29 is 0 Å². The van der Waals surface area contributed by atoms with Crippen LogP contribution in [0.2, 0.25) is 0 Å². The molecule has 79 heavy (non-hydrogen) atoms. The van der Waals surface area contributed by atoms with E-state index in [9.17, 15) is 0 Å². The number of aromatic nitrogens is 1. The van der Waals surface area contributed by atoms with Gasteiger partial charge in [0.05, 0.1) is 11.0 Å². The number of unbranched alkanes of at least 4 members (excludes halogenated alkanes) is 6. The molecular weight excluding hydrogens is 953 g/mol. The Bertz CT molecular complexity index is 3800. The highest BCUT2D eigenvalue weighted by atomic mass is 15.1. The van der Waals surface area contributed by atoms with Crippen molar-refractivity contribution in [3.05, 3.63) is 252 Å². The first-order valence-corrected chi connectivity index (χ1v) is 29.5. The maximum Gasteiger partial charge on any atom is 0.0541 e. The largest absolute Gasteiger partial charge is 0.311 e. The smallest absolute Gasteiger partial charge is 0.0541 e. The van der Waals surface area contributed by atoms with E-state index >= 15 is 0 Å². The second kappa shape index (κ2) is 24.6. The lowest BCUT2D eigenvalue weighted by molar-refractivity contribution is 0.664. The van der Waals surface area contributed by atoms with Crippen LogP contribution in [0.5, 0.6) is 0 Å². The summed E-state index contributed by atoms with van der Waals surface area (Å²) < 4.78 is 2.45. The molecule has 2 nitrogen and oxygen atoms in total. The summed E-state index contributed by atoms with van der Waals surface area (Å²) in [6.45, 7) is 11.2. The second-order valence-corrected chi connectivity index (χ2v) is 22.1. The molecule has 394 valence electrons. The number of anilines is 3. The van der Waals surface area contributed by atoms with Gasteiger partial charge in [0.2, 0.25) is 0 Å². The monoisotopic (exact) mass is 1030 g/mol. The summed E-state index contributed by atoms with van der Waals surface area (Å²) in [5.41, 5.74) is 26.6. The van der Waals surface area contributed by atoms with E-state index in [1.165, 1.54) is 162 Å². The third-order valence-electron chi connectivity index (χ3n) is 16.3. The van der Waals surface area contributed by atoms with E-state index < -0.39 is 0 Å². The van der Waals surface area contributed by atoms with E-state index in [0.29, 0.717) is 0 Å². The predicted octanol–water partition coefficient (Wildman–Crippen LogP) is 22.4. The molecule has 0 aliphatic heterocycles. The molecule has 10 aromatic carbocycles. The molecule has 1 heterocycles. The molecule has 11 aromatic rings. The van der Waals surface area contributed by atoms with Gasteiger partial charge >= 0.3 is 0 Å². The lowest BCUT2D eigenvalue weighted by atomic mass is 9.86. The summed E-state index contributed by atoms with van der Waals surface area (Å²) >= 11 is 0. The first-order valence-electron chi connectivity index (χ1n) is 29.5. The molecule has 0 amide bonds. The van der Waals surface area contributed by atoms with Crippen molar-refractivity contribution in [2.24, 2.45) is 0 Å². The van der Waals surface area contributed by atoms with E-state index in [-0.39, 0.29) is 0 Å². The quantitative estimate of drug-likeness (QED) is 0.0651. The fourth-order valence-corrected chi connectivity index (χ4v) is 12.0. The van der Waals surface area contributed by atoms with Crippen LogP contribution in [0.3, 0.4) is 0 Å². The van der Waals surface area contributed by atoms with Gasteiger partial charge in [0, 0.05) is 33.5 Å². The number of rotatable bonds is 21. The molecule has 0 bridgehead atoms. The van der Waals surface area contributed by atoms with Crippen molar-refractivity contribution >= 4 is 38.9 Å². The van der Waals surface area contributed by atoms with Gasteiger partial charge in [0.25, 0.3) is 0 Å². The van der Waals surface area contributed by atoms with Gasteiger partial charge in [-0.25, -0.2) is 0 Å². The zero-order valence-corrected chi connectivity index (χ0v) is 47.2. The minimum Gasteiger partial charge on any atom is -0.311 e. The molecule has 0 fully saturated rings.